The third-order valence-corrected chi connectivity index (χ3v) is 3.96. The maximum absolute atomic E-state index is 11.2. The number of hydrogen-bond acceptors (Lipinski definition) is 5. The minimum absolute atomic E-state index is 0.0195. The van der Waals surface area contributed by atoms with Gasteiger partial charge in [-0.25, -0.2) is 9.48 Å². The van der Waals surface area contributed by atoms with Gasteiger partial charge < -0.3 is 5.11 Å². The molecular formula is C19H13N5O2. The lowest BCUT2D eigenvalue weighted by Gasteiger charge is -2.07. The molecule has 2 aromatic carbocycles. The van der Waals surface area contributed by atoms with Gasteiger partial charge in [-0.05, 0) is 23.3 Å². The van der Waals surface area contributed by atoms with E-state index in [1.807, 2.05) is 48.5 Å². The third-order valence-electron chi connectivity index (χ3n) is 3.96. The van der Waals surface area contributed by atoms with Crippen LogP contribution in [0.4, 0.5) is 0 Å². The highest BCUT2D eigenvalue weighted by atomic mass is 16.4. The molecule has 2 heterocycles. The van der Waals surface area contributed by atoms with Crippen molar-refractivity contribution in [1.82, 2.24) is 25.0 Å². The summed E-state index contributed by atoms with van der Waals surface area (Å²) in [4.78, 5) is 19.5. The smallest absolute Gasteiger partial charge is 0.356 e. The second kappa shape index (κ2) is 6.56. The van der Waals surface area contributed by atoms with Crippen LogP contribution in [0.25, 0.3) is 28.1 Å². The molecule has 2 aromatic heterocycles. The predicted octanol–water partition coefficient (Wildman–Crippen LogP) is 3.09. The molecule has 1 N–H and O–H groups in total. The first-order valence-corrected chi connectivity index (χ1v) is 7.83. The Labute approximate surface area is 148 Å². The fraction of sp³-hybridized carbons (Fsp3) is 0. The Hall–Kier alpha value is -3.87. The van der Waals surface area contributed by atoms with Crippen LogP contribution in [0.1, 0.15) is 10.5 Å². The van der Waals surface area contributed by atoms with E-state index in [9.17, 15) is 4.79 Å². The molecule has 0 bridgehead atoms. The maximum Gasteiger partial charge on any atom is 0.356 e. The molecule has 126 valence electrons. The van der Waals surface area contributed by atoms with Crippen LogP contribution in [0.5, 0.6) is 0 Å². The van der Waals surface area contributed by atoms with Crippen LogP contribution in [0, 0.1) is 0 Å². The zero-order valence-electron chi connectivity index (χ0n) is 13.5. The summed E-state index contributed by atoms with van der Waals surface area (Å²) in [7, 11) is 0. The molecule has 26 heavy (non-hydrogen) atoms. The van der Waals surface area contributed by atoms with E-state index in [2.05, 4.69) is 20.3 Å². The predicted molar refractivity (Wildman–Crippen MR) is 94.8 cm³/mol. The van der Waals surface area contributed by atoms with Crippen LogP contribution in [0.3, 0.4) is 0 Å². The fourth-order valence-corrected chi connectivity index (χ4v) is 2.65. The number of hydrogen-bond donors (Lipinski definition) is 1. The molecule has 0 spiro atoms. The van der Waals surface area contributed by atoms with Gasteiger partial charge >= 0.3 is 5.97 Å². The van der Waals surface area contributed by atoms with Crippen molar-refractivity contribution in [2.75, 3.05) is 0 Å². The van der Waals surface area contributed by atoms with Gasteiger partial charge in [0.25, 0.3) is 0 Å². The van der Waals surface area contributed by atoms with Crippen molar-refractivity contribution in [3.8, 4) is 28.1 Å². The van der Waals surface area contributed by atoms with Crippen molar-refractivity contribution in [3.05, 3.63) is 79.0 Å². The lowest BCUT2D eigenvalue weighted by Crippen LogP contribution is -2.07. The van der Waals surface area contributed by atoms with Gasteiger partial charge in [0.1, 0.15) is 0 Å². The lowest BCUT2D eigenvalue weighted by molar-refractivity contribution is 0.0687. The van der Waals surface area contributed by atoms with Crippen molar-refractivity contribution in [2.45, 2.75) is 0 Å². The minimum atomic E-state index is -1.07. The number of aromatic carboxylic acids is 1. The molecule has 0 aliphatic heterocycles. The Morgan fingerprint density at radius 3 is 2.12 bits per heavy atom. The van der Waals surface area contributed by atoms with Gasteiger partial charge in [0, 0.05) is 18.0 Å². The summed E-state index contributed by atoms with van der Waals surface area (Å²) in [5.41, 5.74) is 4.53. The second-order valence-corrected chi connectivity index (χ2v) is 5.55. The Balaban J connectivity index is 1.61. The zero-order chi connectivity index (χ0) is 17.9. The van der Waals surface area contributed by atoms with Crippen LogP contribution >= 0.6 is 0 Å². The summed E-state index contributed by atoms with van der Waals surface area (Å²) < 4.78 is 1.29. The lowest BCUT2D eigenvalue weighted by atomic mass is 10.0. The normalized spacial score (nSPS) is 10.6. The first kappa shape index (κ1) is 15.6. The van der Waals surface area contributed by atoms with Crippen LogP contribution in [-0.2, 0) is 0 Å². The van der Waals surface area contributed by atoms with E-state index >= 15 is 0 Å². The molecule has 4 aromatic rings. The summed E-state index contributed by atoms with van der Waals surface area (Å²) in [6, 6.07) is 15.5. The van der Waals surface area contributed by atoms with Gasteiger partial charge in [0.15, 0.2) is 5.69 Å². The highest BCUT2D eigenvalue weighted by Gasteiger charge is 2.13. The Morgan fingerprint density at radius 1 is 0.846 bits per heavy atom. The minimum Gasteiger partial charge on any atom is -0.476 e. The van der Waals surface area contributed by atoms with Crippen LogP contribution in [0.2, 0.25) is 0 Å². The third kappa shape index (κ3) is 2.93. The molecule has 0 saturated heterocycles. The fourth-order valence-electron chi connectivity index (χ4n) is 2.65. The van der Waals surface area contributed by atoms with Crippen molar-refractivity contribution in [1.29, 1.82) is 0 Å². The van der Waals surface area contributed by atoms with Crippen molar-refractivity contribution >= 4 is 5.97 Å². The molecule has 0 atom stereocenters. The van der Waals surface area contributed by atoms with E-state index < -0.39 is 5.97 Å². The van der Waals surface area contributed by atoms with E-state index in [1.165, 1.54) is 10.9 Å². The molecule has 0 saturated carbocycles. The van der Waals surface area contributed by atoms with Gasteiger partial charge in [0.05, 0.1) is 23.8 Å². The van der Waals surface area contributed by atoms with E-state index in [4.69, 9.17) is 5.11 Å². The van der Waals surface area contributed by atoms with Gasteiger partial charge in [0.2, 0.25) is 0 Å². The topological polar surface area (TPSA) is 93.8 Å². The Bertz CT molecular complexity index is 1040. The summed E-state index contributed by atoms with van der Waals surface area (Å²) >= 11 is 0. The average Bonchev–Trinajstić information content (AvgIpc) is 3.19. The molecule has 0 radical (unpaired) electrons. The molecule has 0 fully saturated rings. The highest BCUT2D eigenvalue weighted by molar-refractivity contribution is 5.85. The quantitative estimate of drug-likeness (QED) is 0.612. The zero-order valence-corrected chi connectivity index (χ0v) is 13.5. The van der Waals surface area contributed by atoms with E-state index in [0.717, 1.165) is 22.4 Å². The van der Waals surface area contributed by atoms with E-state index in [0.29, 0.717) is 5.69 Å². The molecule has 0 aliphatic rings. The van der Waals surface area contributed by atoms with Gasteiger partial charge in [-0.1, -0.05) is 41.6 Å². The molecule has 0 amide bonds. The summed E-state index contributed by atoms with van der Waals surface area (Å²) in [6.07, 6.45) is 6.26. The maximum atomic E-state index is 11.2. The van der Waals surface area contributed by atoms with Gasteiger partial charge in [-0.2, -0.15) is 0 Å². The molecule has 4 rings (SSSR count). The molecule has 7 nitrogen and oxygen atoms in total. The Kier molecular flexibility index (Phi) is 3.95. The summed E-state index contributed by atoms with van der Waals surface area (Å²) in [5, 5.41) is 16.6. The first-order valence-electron chi connectivity index (χ1n) is 7.83. The van der Waals surface area contributed by atoms with Crippen molar-refractivity contribution in [2.24, 2.45) is 0 Å². The molecule has 0 aliphatic carbocycles. The standard InChI is InChI=1S/C19H13N5O2/c25-19(26)18-12-22-23-24(18)16-7-5-14(6-8-16)13-1-3-15(4-2-13)17-11-20-9-10-21-17/h1-12H,(H,25,26). The van der Waals surface area contributed by atoms with E-state index in [-0.39, 0.29) is 5.69 Å². The number of rotatable bonds is 4. The van der Waals surface area contributed by atoms with E-state index in [1.54, 1.807) is 18.6 Å². The molecule has 0 unspecified atom stereocenters. The molecule has 7 heteroatoms. The Morgan fingerprint density at radius 2 is 1.50 bits per heavy atom. The highest BCUT2D eigenvalue weighted by Crippen LogP contribution is 2.24. The number of nitrogens with zero attached hydrogens (tertiary/aromatic N) is 5. The second-order valence-electron chi connectivity index (χ2n) is 5.55. The largest absolute Gasteiger partial charge is 0.476 e. The number of benzene rings is 2. The average molecular weight is 343 g/mol. The number of carboxylic acids is 1. The molecular weight excluding hydrogens is 330 g/mol. The number of aromatic nitrogens is 5. The first-order chi connectivity index (χ1) is 12.7. The van der Waals surface area contributed by atoms with Crippen LogP contribution in [0.15, 0.2) is 73.3 Å². The summed E-state index contributed by atoms with van der Waals surface area (Å²) in [6.45, 7) is 0. The van der Waals surface area contributed by atoms with Gasteiger partial charge in [-0.15, -0.1) is 5.10 Å². The number of carbonyl (C=O) groups is 1. The SMILES string of the molecule is O=C(O)c1cnnn1-c1ccc(-c2ccc(-c3cnccn3)cc2)cc1. The van der Waals surface area contributed by atoms with Crippen LogP contribution < -0.4 is 0 Å². The van der Waals surface area contributed by atoms with Gasteiger partial charge in [-0.3, -0.25) is 9.97 Å². The van der Waals surface area contributed by atoms with Crippen LogP contribution in [-0.4, -0.2) is 36.0 Å². The summed E-state index contributed by atoms with van der Waals surface area (Å²) in [5.74, 6) is -1.07. The van der Waals surface area contributed by atoms with Crippen molar-refractivity contribution < 1.29 is 9.90 Å². The monoisotopic (exact) mass is 343 g/mol. The van der Waals surface area contributed by atoms with Crippen molar-refractivity contribution in [3.63, 3.8) is 0 Å². The number of carboxylic acid groups (broad SMARTS) is 1.